The molecule has 1 aromatic rings. The first-order chi connectivity index (χ1) is 7.71. The van der Waals surface area contributed by atoms with Gasteiger partial charge in [-0.05, 0) is 42.8 Å². The monoisotopic (exact) mass is 336 g/mol. The van der Waals surface area contributed by atoms with Gasteiger partial charge in [-0.1, -0.05) is 18.2 Å². The van der Waals surface area contributed by atoms with Crippen molar-refractivity contribution in [3.05, 3.63) is 34.0 Å². The SMILES string of the molecule is C=C(NS(=O)C(C)(C)C)c1cc(Br)cnc1Cl. The molecule has 1 N–H and O–H groups in total. The van der Waals surface area contributed by atoms with Gasteiger partial charge in [0.15, 0.2) is 0 Å². The first kappa shape index (κ1) is 14.7. The highest BCUT2D eigenvalue weighted by atomic mass is 79.9. The van der Waals surface area contributed by atoms with Gasteiger partial charge in [-0.25, -0.2) is 9.19 Å². The molecule has 0 aliphatic heterocycles. The largest absolute Gasteiger partial charge is 0.305 e. The zero-order valence-electron chi connectivity index (χ0n) is 9.88. The average molecular weight is 338 g/mol. The molecule has 0 saturated heterocycles. The Morgan fingerprint density at radius 2 is 2.18 bits per heavy atom. The van der Waals surface area contributed by atoms with E-state index in [4.69, 9.17) is 11.6 Å². The van der Waals surface area contributed by atoms with Crippen LogP contribution >= 0.6 is 27.5 Å². The molecule has 3 nitrogen and oxygen atoms in total. The Morgan fingerprint density at radius 1 is 1.59 bits per heavy atom. The molecule has 0 aromatic carbocycles. The topological polar surface area (TPSA) is 42.0 Å². The van der Waals surface area contributed by atoms with E-state index < -0.39 is 11.0 Å². The molecule has 0 aliphatic carbocycles. The Morgan fingerprint density at radius 3 is 2.71 bits per heavy atom. The van der Waals surface area contributed by atoms with Gasteiger partial charge in [-0.15, -0.1) is 0 Å². The fourth-order valence-corrected chi connectivity index (χ4v) is 2.14. The van der Waals surface area contributed by atoms with Gasteiger partial charge in [0.25, 0.3) is 0 Å². The minimum atomic E-state index is -1.23. The number of nitrogens with one attached hydrogen (secondary N) is 1. The zero-order chi connectivity index (χ0) is 13.2. The van der Waals surface area contributed by atoms with Crippen molar-refractivity contribution in [2.24, 2.45) is 0 Å². The number of pyridine rings is 1. The molecule has 0 spiro atoms. The maximum atomic E-state index is 11.9. The van der Waals surface area contributed by atoms with Gasteiger partial charge in [0.2, 0.25) is 0 Å². The molecule has 1 heterocycles. The van der Waals surface area contributed by atoms with Gasteiger partial charge in [-0.3, -0.25) is 0 Å². The normalized spacial score (nSPS) is 13.2. The van der Waals surface area contributed by atoms with Crippen LogP contribution in [0.25, 0.3) is 5.70 Å². The number of nitrogens with zero attached hydrogens (tertiary/aromatic N) is 1. The molecule has 0 bridgehead atoms. The maximum absolute atomic E-state index is 11.9. The van der Waals surface area contributed by atoms with Crippen LogP contribution in [0.2, 0.25) is 5.15 Å². The lowest BCUT2D eigenvalue weighted by Gasteiger charge is -2.20. The lowest BCUT2D eigenvalue weighted by molar-refractivity contribution is 0.645. The van der Waals surface area contributed by atoms with Crippen molar-refractivity contribution in [1.29, 1.82) is 0 Å². The predicted molar refractivity (Wildman–Crippen MR) is 77.0 cm³/mol. The number of hydrogen-bond donors (Lipinski definition) is 1. The molecule has 0 aliphatic rings. The third kappa shape index (κ3) is 4.08. The van der Waals surface area contributed by atoms with Gasteiger partial charge < -0.3 is 4.72 Å². The van der Waals surface area contributed by atoms with Gasteiger partial charge in [0.05, 0.1) is 4.75 Å². The number of halogens is 2. The summed E-state index contributed by atoms with van der Waals surface area (Å²) in [5, 5.41) is 0.330. The maximum Gasteiger partial charge on any atom is 0.138 e. The van der Waals surface area contributed by atoms with Crippen LogP contribution in [0, 0.1) is 0 Å². The molecule has 0 amide bonds. The van der Waals surface area contributed by atoms with E-state index in [0.29, 0.717) is 16.4 Å². The van der Waals surface area contributed by atoms with E-state index in [0.717, 1.165) is 4.47 Å². The third-order valence-electron chi connectivity index (χ3n) is 1.90. The Hall–Kier alpha value is -0.390. The first-order valence-corrected chi connectivity index (χ1v) is 7.23. The van der Waals surface area contributed by atoms with Crippen molar-refractivity contribution in [3.63, 3.8) is 0 Å². The van der Waals surface area contributed by atoms with Crippen LogP contribution in [0.1, 0.15) is 26.3 Å². The van der Waals surface area contributed by atoms with E-state index in [1.54, 1.807) is 12.3 Å². The molecule has 6 heteroatoms. The second-order valence-corrected chi connectivity index (χ2v) is 7.69. The summed E-state index contributed by atoms with van der Waals surface area (Å²) in [5.74, 6) is 0. The average Bonchev–Trinajstić information content (AvgIpc) is 2.20. The van der Waals surface area contributed by atoms with E-state index in [1.165, 1.54) is 0 Å². The van der Waals surface area contributed by atoms with Crippen LogP contribution in [-0.2, 0) is 11.0 Å². The van der Waals surface area contributed by atoms with Gasteiger partial charge in [0, 0.05) is 21.9 Å². The molecule has 17 heavy (non-hydrogen) atoms. The van der Waals surface area contributed by atoms with E-state index in [1.807, 2.05) is 20.8 Å². The molecule has 1 atom stereocenters. The molecule has 1 unspecified atom stereocenters. The van der Waals surface area contributed by atoms with Crippen LogP contribution in [0.4, 0.5) is 0 Å². The molecule has 1 rings (SSSR count). The third-order valence-corrected chi connectivity index (χ3v) is 4.18. The van der Waals surface area contributed by atoms with Crippen molar-refractivity contribution in [1.82, 2.24) is 9.71 Å². The lowest BCUT2D eigenvalue weighted by atomic mass is 10.2. The van der Waals surface area contributed by atoms with E-state index in [9.17, 15) is 4.21 Å². The van der Waals surface area contributed by atoms with Crippen molar-refractivity contribution >= 4 is 44.2 Å². The molecule has 0 saturated carbocycles. The summed E-state index contributed by atoms with van der Waals surface area (Å²) < 4.78 is 15.2. The quantitative estimate of drug-likeness (QED) is 0.858. The molecule has 0 fully saturated rings. The summed E-state index contributed by atoms with van der Waals surface area (Å²) in [6, 6.07) is 1.78. The van der Waals surface area contributed by atoms with E-state index in [2.05, 4.69) is 32.2 Å². The lowest BCUT2D eigenvalue weighted by Crippen LogP contribution is -2.32. The molecular weight excluding hydrogens is 324 g/mol. The van der Waals surface area contributed by atoms with Crippen molar-refractivity contribution in [2.75, 3.05) is 0 Å². The molecule has 94 valence electrons. The second-order valence-electron chi connectivity index (χ2n) is 4.45. The van der Waals surface area contributed by atoms with Crippen molar-refractivity contribution < 1.29 is 4.21 Å². The highest BCUT2D eigenvalue weighted by molar-refractivity contribution is 9.10. The van der Waals surface area contributed by atoms with Crippen LogP contribution in [0.5, 0.6) is 0 Å². The summed E-state index contributed by atoms with van der Waals surface area (Å²) in [4.78, 5) is 3.99. The van der Waals surface area contributed by atoms with Gasteiger partial charge >= 0.3 is 0 Å². The Balaban J connectivity index is 2.91. The Bertz CT molecular complexity index is 471. The fourth-order valence-electron chi connectivity index (χ4n) is 0.954. The summed E-state index contributed by atoms with van der Waals surface area (Å²) in [6.07, 6.45) is 1.60. The van der Waals surface area contributed by atoms with Crippen molar-refractivity contribution in [3.8, 4) is 0 Å². The predicted octanol–water partition coefficient (Wildman–Crippen LogP) is 3.52. The molecule has 1 aromatic heterocycles. The summed E-state index contributed by atoms with van der Waals surface area (Å²) >= 11 is 9.26. The van der Waals surface area contributed by atoms with Crippen LogP contribution in [0.15, 0.2) is 23.3 Å². The second kappa shape index (κ2) is 5.50. The minimum Gasteiger partial charge on any atom is -0.305 e. The smallest absolute Gasteiger partial charge is 0.138 e. The molecule has 0 radical (unpaired) electrons. The van der Waals surface area contributed by atoms with Gasteiger partial charge in [0.1, 0.15) is 16.1 Å². The van der Waals surface area contributed by atoms with E-state index in [-0.39, 0.29) is 4.75 Å². The highest BCUT2D eigenvalue weighted by Crippen LogP contribution is 2.24. The zero-order valence-corrected chi connectivity index (χ0v) is 13.0. The summed E-state index contributed by atoms with van der Waals surface area (Å²) in [7, 11) is -1.23. The summed E-state index contributed by atoms with van der Waals surface area (Å²) in [6.45, 7) is 9.47. The number of rotatable bonds is 3. The summed E-state index contributed by atoms with van der Waals surface area (Å²) in [5.41, 5.74) is 1.13. The standard InChI is InChI=1S/C11H14BrClN2OS/c1-7(15-17(16)11(2,3)4)9-5-8(12)6-14-10(9)13/h5-6,15H,1H2,2-4H3. The van der Waals surface area contributed by atoms with Crippen molar-refractivity contribution in [2.45, 2.75) is 25.5 Å². The first-order valence-electron chi connectivity index (χ1n) is 4.90. The van der Waals surface area contributed by atoms with Crippen LogP contribution in [0.3, 0.4) is 0 Å². The Labute approximate surface area is 117 Å². The highest BCUT2D eigenvalue weighted by Gasteiger charge is 2.21. The van der Waals surface area contributed by atoms with Crippen LogP contribution in [-0.4, -0.2) is 13.9 Å². The fraction of sp³-hybridized carbons (Fsp3) is 0.364. The van der Waals surface area contributed by atoms with E-state index >= 15 is 0 Å². The minimum absolute atomic E-state index is 0.330. The Kier molecular flexibility index (Phi) is 4.75. The number of hydrogen-bond acceptors (Lipinski definition) is 2. The van der Waals surface area contributed by atoms with Gasteiger partial charge in [-0.2, -0.15) is 0 Å². The number of aromatic nitrogens is 1. The van der Waals surface area contributed by atoms with Crippen LogP contribution < -0.4 is 4.72 Å². The molecular formula is C11H14BrClN2OS.